The number of hydrogen-bond donors (Lipinski definition) is 2. The van der Waals surface area contributed by atoms with Crippen LogP contribution < -0.4 is 5.32 Å². The standard InChI is InChI=1S/C13H14ClN3O2/c1-17-8-9(7-16-17)4-5-15-10-2-3-11(13(18)19)12(14)6-10/h2-3,6-8,15H,4-5H2,1H3,(H,18,19). The molecule has 1 aromatic carbocycles. The van der Waals surface area contributed by atoms with Crippen LogP contribution in [0.5, 0.6) is 0 Å². The van der Waals surface area contributed by atoms with Gasteiger partial charge in [0.2, 0.25) is 0 Å². The number of carbonyl (C=O) groups is 1. The van der Waals surface area contributed by atoms with Crippen LogP contribution >= 0.6 is 11.6 Å². The molecule has 0 aliphatic heterocycles. The lowest BCUT2D eigenvalue weighted by Crippen LogP contribution is -2.05. The molecule has 6 heteroatoms. The lowest BCUT2D eigenvalue weighted by molar-refractivity contribution is 0.0697. The molecule has 0 saturated heterocycles. The fraction of sp³-hybridized carbons (Fsp3) is 0.231. The van der Waals surface area contributed by atoms with Gasteiger partial charge in [-0.25, -0.2) is 4.79 Å². The first kappa shape index (κ1) is 13.4. The fourth-order valence-electron chi connectivity index (χ4n) is 1.75. The second kappa shape index (κ2) is 5.75. The Morgan fingerprint density at radius 1 is 1.53 bits per heavy atom. The van der Waals surface area contributed by atoms with E-state index in [4.69, 9.17) is 16.7 Å². The van der Waals surface area contributed by atoms with Gasteiger partial charge in [0.1, 0.15) is 0 Å². The second-order valence-electron chi connectivity index (χ2n) is 4.20. The average Bonchev–Trinajstić information content (AvgIpc) is 2.75. The summed E-state index contributed by atoms with van der Waals surface area (Å²) < 4.78 is 1.76. The molecule has 1 heterocycles. The van der Waals surface area contributed by atoms with Gasteiger partial charge in [-0.05, 0) is 30.2 Å². The second-order valence-corrected chi connectivity index (χ2v) is 4.61. The summed E-state index contributed by atoms with van der Waals surface area (Å²) in [6.45, 7) is 0.731. The molecule has 0 aliphatic rings. The van der Waals surface area contributed by atoms with Crippen LogP contribution in [-0.2, 0) is 13.5 Å². The van der Waals surface area contributed by atoms with Crippen LogP contribution in [0.25, 0.3) is 0 Å². The number of nitrogens with one attached hydrogen (secondary N) is 1. The highest BCUT2D eigenvalue weighted by Gasteiger charge is 2.08. The zero-order chi connectivity index (χ0) is 13.8. The van der Waals surface area contributed by atoms with Gasteiger partial charge in [-0.1, -0.05) is 11.6 Å². The number of carboxylic acid groups (broad SMARTS) is 1. The van der Waals surface area contributed by atoms with Crippen molar-refractivity contribution in [1.29, 1.82) is 0 Å². The molecule has 0 bridgehead atoms. The van der Waals surface area contributed by atoms with Crippen molar-refractivity contribution in [3.8, 4) is 0 Å². The Morgan fingerprint density at radius 2 is 2.32 bits per heavy atom. The van der Waals surface area contributed by atoms with Crippen LogP contribution in [-0.4, -0.2) is 27.4 Å². The van der Waals surface area contributed by atoms with Crippen molar-refractivity contribution >= 4 is 23.3 Å². The van der Waals surface area contributed by atoms with Gasteiger partial charge in [-0.15, -0.1) is 0 Å². The molecule has 2 N–H and O–H groups in total. The summed E-state index contributed by atoms with van der Waals surface area (Å²) in [5.41, 5.74) is 2.06. The van der Waals surface area contributed by atoms with E-state index in [9.17, 15) is 4.79 Å². The number of anilines is 1. The third-order valence-corrected chi connectivity index (χ3v) is 3.01. The third-order valence-electron chi connectivity index (χ3n) is 2.70. The van der Waals surface area contributed by atoms with Crippen molar-refractivity contribution in [2.45, 2.75) is 6.42 Å². The van der Waals surface area contributed by atoms with Crippen LogP contribution in [0, 0.1) is 0 Å². The minimum Gasteiger partial charge on any atom is -0.478 e. The van der Waals surface area contributed by atoms with Gasteiger partial charge >= 0.3 is 5.97 Å². The molecular formula is C13H14ClN3O2. The largest absolute Gasteiger partial charge is 0.478 e. The number of aryl methyl sites for hydroxylation is 1. The molecule has 0 spiro atoms. The van der Waals surface area contributed by atoms with Gasteiger partial charge in [0.05, 0.1) is 16.8 Å². The Balaban J connectivity index is 1.93. The van der Waals surface area contributed by atoms with E-state index in [0.717, 1.165) is 24.2 Å². The quantitative estimate of drug-likeness (QED) is 0.882. The van der Waals surface area contributed by atoms with Crippen molar-refractivity contribution in [2.24, 2.45) is 7.05 Å². The van der Waals surface area contributed by atoms with E-state index in [-0.39, 0.29) is 10.6 Å². The summed E-state index contributed by atoms with van der Waals surface area (Å²) in [5, 5.41) is 16.4. The van der Waals surface area contributed by atoms with E-state index in [1.807, 2.05) is 19.4 Å². The summed E-state index contributed by atoms with van der Waals surface area (Å²) in [5.74, 6) is -1.02. The molecule has 19 heavy (non-hydrogen) atoms. The topological polar surface area (TPSA) is 67.2 Å². The number of benzene rings is 1. The highest BCUT2D eigenvalue weighted by molar-refractivity contribution is 6.33. The predicted molar refractivity (Wildman–Crippen MR) is 73.8 cm³/mol. The molecular weight excluding hydrogens is 266 g/mol. The van der Waals surface area contributed by atoms with Gasteiger partial charge in [0, 0.05) is 25.5 Å². The monoisotopic (exact) mass is 279 g/mol. The maximum atomic E-state index is 10.8. The molecule has 0 fully saturated rings. The van der Waals surface area contributed by atoms with Gasteiger partial charge < -0.3 is 10.4 Å². The van der Waals surface area contributed by atoms with Crippen molar-refractivity contribution < 1.29 is 9.90 Å². The zero-order valence-corrected chi connectivity index (χ0v) is 11.2. The summed E-state index contributed by atoms with van der Waals surface area (Å²) in [4.78, 5) is 10.8. The molecule has 0 unspecified atom stereocenters. The first-order valence-corrected chi connectivity index (χ1v) is 6.18. The van der Waals surface area contributed by atoms with E-state index in [1.54, 1.807) is 16.8 Å². The molecule has 100 valence electrons. The minimum atomic E-state index is -1.02. The Labute approximate surface area is 115 Å². The number of hydrogen-bond acceptors (Lipinski definition) is 3. The number of aromatic nitrogens is 2. The van der Waals surface area contributed by atoms with Crippen molar-refractivity contribution in [3.63, 3.8) is 0 Å². The van der Waals surface area contributed by atoms with E-state index in [1.165, 1.54) is 6.07 Å². The Kier molecular flexibility index (Phi) is 4.06. The van der Waals surface area contributed by atoms with Crippen molar-refractivity contribution in [2.75, 3.05) is 11.9 Å². The van der Waals surface area contributed by atoms with Crippen LogP contribution in [0.3, 0.4) is 0 Å². The Bertz CT molecular complexity index is 595. The Morgan fingerprint density at radius 3 is 2.89 bits per heavy atom. The summed E-state index contributed by atoms with van der Waals surface area (Å²) in [6, 6.07) is 4.82. The van der Waals surface area contributed by atoms with Crippen LogP contribution in [0.4, 0.5) is 5.69 Å². The lowest BCUT2D eigenvalue weighted by Gasteiger charge is -2.07. The molecule has 1 aromatic heterocycles. The van der Waals surface area contributed by atoms with Crippen LogP contribution in [0.2, 0.25) is 5.02 Å². The van der Waals surface area contributed by atoms with E-state index >= 15 is 0 Å². The average molecular weight is 280 g/mol. The molecule has 5 nitrogen and oxygen atoms in total. The molecule has 0 saturated carbocycles. The third kappa shape index (κ3) is 3.48. The SMILES string of the molecule is Cn1cc(CCNc2ccc(C(=O)O)c(Cl)c2)cn1. The zero-order valence-electron chi connectivity index (χ0n) is 10.4. The molecule has 2 aromatic rings. The number of carboxylic acids is 1. The summed E-state index contributed by atoms with van der Waals surface area (Å²) in [7, 11) is 1.88. The predicted octanol–water partition coefficient (Wildman–Crippen LogP) is 2.43. The van der Waals surface area contributed by atoms with Crippen molar-refractivity contribution in [3.05, 3.63) is 46.7 Å². The van der Waals surface area contributed by atoms with Gasteiger partial charge in [-0.2, -0.15) is 5.10 Å². The highest BCUT2D eigenvalue weighted by atomic mass is 35.5. The number of rotatable bonds is 5. The maximum absolute atomic E-state index is 10.8. The summed E-state index contributed by atoms with van der Waals surface area (Å²) >= 11 is 5.89. The minimum absolute atomic E-state index is 0.111. The highest BCUT2D eigenvalue weighted by Crippen LogP contribution is 2.20. The van der Waals surface area contributed by atoms with E-state index < -0.39 is 5.97 Å². The smallest absolute Gasteiger partial charge is 0.337 e. The van der Waals surface area contributed by atoms with E-state index in [0.29, 0.717) is 0 Å². The molecule has 0 atom stereocenters. The van der Waals surface area contributed by atoms with Crippen LogP contribution in [0.15, 0.2) is 30.6 Å². The molecule has 2 rings (SSSR count). The first-order valence-electron chi connectivity index (χ1n) is 5.80. The number of nitrogens with zero attached hydrogens (tertiary/aromatic N) is 2. The summed E-state index contributed by atoms with van der Waals surface area (Å²) in [6.07, 6.45) is 4.62. The van der Waals surface area contributed by atoms with Gasteiger partial charge in [0.15, 0.2) is 0 Å². The lowest BCUT2D eigenvalue weighted by atomic mass is 10.2. The molecule has 0 amide bonds. The first-order chi connectivity index (χ1) is 9.06. The van der Waals surface area contributed by atoms with Crippen LogP contribution in [0.1, 0.15) is 15.9 Å². The normalized spacial score (nSPS) is 10.4. The maximum Gasteiger partial charge on any atom is 0.337 e. The molecule has 0 aliphatic carbocycles. The fourth-order valence-corrected chi connectivity index (χ4v) is 2.01. The van der Waals surface area contributed by atoms with Gasteiger partial charge in [0.25, 0.3) is 0 Å². The number of halogens is 1. The van der Waals surface area contributed by atoms with E-state index in [2.05, 4.69) is 10.4 Å². The van der Waals surface area contributed by atoms with Gasteiger partial charge in [-0.3, -0.25) is 4.68 Å². The number of aromatic carboxylic acids is 1. The Hall–Kier alpha value is -2.01. The molecule has 0 radical (unpaired) electrons. The van der Waals surface area contributed by atoms with Crippen molar-refractivity contribution in [1.82, 2.24) is 9.78 Å².